The molecule has 1 unspecified atom stereocenters. The van der Waals surface area contributed by atoms with E-state index >= 15 is 0 Å². The van der Waals surface area contributed by atoms with Gasteiger partial charge < -0.3 is 0 Å². The fraction of sp³-hybridized carbons (Fsp3) is 0.0508. The molecule has 0 amide bonds. The van der Waals surface area contributed by atoms with Crippen LogP contribution < -0.4 is 0 Å². The minimum atomic E-state index is 0.247. The number of benzene rings is 9. The lowest BCUT2D eigenvalue weighted by atomic mass is 9.82. The van der Waals surface area contributed by atoms with Gasteiger partial charge in [0.1, 0.15) is 0 Å². The van der Waals surface area contributed by atoms with Crippen molar-refractivity contribution in [3.63, 3.8) is 0 Å². The van der Waals surface area contributed by atoms with E-state index in [1.807, 2.05) is 11.3 Å². The lowest BCUT2D eigenvalue weighted by molar-refractivity contribution is 0.718. The second-order valence-electron chi connectivity index (χ2n) is 17.5. The van der Waals surface area contributed by atoms with Crippen molar-refractivity contribution in [3.05, 3.63) is 199 Å². The molecule has 9 aromatic carbocycles. The number of nitrogens with zero attached hydrogens (tertiary/aromatic N) is 5. The molecule has 6 heteroatoms. The van der Waals surface area contributed by atoms with E-state index in [-0.39, 0.29) is 5.92 Å². The molecule has 0 saturated carbocycles. The second kappa shape index (κ2) is 14.0. The highest BCUT2D eigenvalue weighted by Crippen LogP contribution is 2.48. The quantitative estimate of drug-likeness (QED) is 0.177. The van der Waals surface area contributed by atoms with Crippen LogP contribution in [0.1, 0.15) is 24.1 Å². The molecule has 0 radical (unpaired) electrons. The van der Waals surface area contributed by atoms with E-state index in [0.717, 1.165) is 56.5 Å². The first-order chi connectivity index (χ1) is 32.1. The van der Waals surface area contributed by atoms with E-state index in [4.69, 9.17) is 19.9 Å². The Morgan fingerprint density at radius 2 is 0.954 bits per heavy atom. The van der Waals surface area contributed by atoms with Gasteiger partial charge in [0.25, 0.3) is 0 Å². The molecule has 14 rings (SSSR count). The number of fused-ring (bicyclic) bond motifs is 15. The first-order valence-electron chi connectivity index (χ1n) is 22.3. The molecule has 0 fully saturated rings. The van der Waals surface area contributed by atoms with Crippen molar-refractivity contribution < 1.29 is 0 Å². The average Bonchev–Trinajstić information content (AvgIpc) is 3.96. The van der Waals surface area contributed by atoms with Crippen molar-refractivity contribution in [2.45, 2.75) is 19.3 Å². The van der Waals surface area contributed by atoms with Crippen LogP contribution in [0.2, 0.25) is 0 Å². The second-order valence-corrected chi connectivity index (χ2v) is 18.5. The Balaban J connectivity index is 0.973. The Morgan fingerprint density at radius 1 is 0.431 bits per heavy atom. The number of thiophene rings is 1. The Hall–Kier alpha value is -8.06. The van der Waals surface area contributed by atoms with Crippen LogP contribution in [-0.2, 0) is 6.42 Å². The van der Waals surface area contributed by atoms with Crippen LogP contribution in [0.15, 0.2) is 188 Å². The standard InChI is InChI=1S/C59H37N5S/c1-34-30-49-45-16-8-6-12-37(45)26-28-47(49)52-53(34)64-51(33-50-48-29-27-38-13-7-9-17-46(38)54(48)65-55(50)59(64)60-52)39-20-22-40(23-21-39)56-61-57(43-24-18-35-10-2-4-14-41(35)31-43)63-58(62-56)44-25-19-36-11-3-5-15-42(36)32-44/h2-29,31-34H,30H2,1H3. The van der Waals surface area contributed by atoms with Crippen LogP contribution in [0, 0.1) is 0 Å². The maximum Gasteiger partial charge on any atom is 0.164 e. The number of hydrogen-bond donors (Lipinski definition) is 0. The summed E-state index contributed by atoms with van der Waals surface area (Å²) in [5.41, 5.74) is 11.1. The summed E-state index contributed by atoms with van der Waals surface area (Å²) in [6.07, 6.45) is 0.948. The van der Waals surface area contributed by atoms with Crippen LogP contribution in [-0.4, -0.2) is 24.3 Å². The minimum Gasteiger partial charge on any atom is -0.295 e. The van der Waals surface area contributed by atoms with Gasteiger partial charge in [0.05, 0.1) is 21.8 Å². The fourth-order valence-corrected chi connectivity index (χ4v) is 11.7. The molecule has 13 aromatic rings. The molecule has 5 nitrogen and oxygen atoms in total. The monoisotopic (exact) mass is 847 g/mol. The minimum absolute atomic E-state index is 0.247. The predicted molar refractivity (Wildman–Crippen MR) is 271 cm³/mol. The third-order valence-corrected chi connectivity index (χ3v) is 14.9. The average molecular weight is 848 g/mol. The number of aromatic nitrogens is 5. The first kappa shape index (κ1) is 36.4. The molecule has 1 aliphatic carbocycles. The maximum absolute atomic E-state index is 5.67. The van der Waals surface area contributed by atoms with Gasteiger partial charge in [-0.3, -0.25) is 4.40 Å². The van der Waals surface area contributed by atoms with Gasteiger partial charge in [-0.25, -0.2) is 19.9 Å². The SMILES string of the molecule is CC1Cc2c(ccc3ccccc23)-c2nc3c4sc5c6ccccc6ccc5c4cc(-c4ccc(-c5nc(-c6ccc7ccccc7c6)nc(-c6ccc7ccccc7c6)n5)cc4)n3c21. The summed E-state index contributed by atoms with van der Waals surface area (Å²) >= 11 is 1.87. The molecule has 1 atom stereocenters. The third-order valence-electron chi connectivity index (χ3n) is 13.6. The molecule has 0 aliphatic heterocycles. The Bertz CT molecular complexity index is 4030. The smallest absolute Gasteiger partial charge is 0.164 e. The molecule has 0 bridgehead atoms. The van der Waals surface area contributed by atoms with Crippen LogP contribution in [0.5, 0.6) is 0 Å². The largest absolute Gasteiger partial charge is 0.295 e. The van der Waals surface area contributed by atoms with E-state index in [2.05, 4.69) is 199 Å². The number of imidazole rings is 1. The highest BCUT2D eigenvalue weighted by atomic mass is 32.1. The van der Waals surface area contributed by atoms with E-state index in [1.54, 1.807) is 0 Å². The van der Waals surface area contributed by atoms with Crippen LogP contribution in [0.4, 0.5) is 0 Å². The molecule has 0 saturated heterocycles. The van der Waals surface area contributed by atoms with Crippen molar-refractivity contribution in [2.24, 2.45) is 0 Å². The Kier molecular flexibility index (Phi) is 7.83. The summed E-state index contributed by atoms with van der Waals surface area (Å²) in [5, 5.41) is 12.3. The van der Waals surface area contributed by atoms with Crippen LogP contribution in [0.3, 0.4) is 0 Å². The van der Waals surface area contributed by atoms with Gasteiger partial charge in [-0.1, -0.05) is 177 Å². The first-order valence-corrected chi connectivity index (χ1v) is 23.1. The van der Waals surface area contributed by atoms with Gasteiger partial charge in [0.15, 0.2) is 23.1 Å². The molecule has 4 heterocycles. The molecule has 0 N–H and O–H groups in total. The zero-order valence-corrected chi connectivity index (χ0v) is 36.1. The molecule has 65 heavy (non-hydrogen) atoms. The molecule has 0 spiro atoms. The van der Waals surface area contributed by atoms with Gasteiger partial charge in [0.2, 0.25) is 0 Å². The summed E-state index contributed by atoms with van der Waals surface area (Å²) in [4.78, 5) is 21.2. The zero-order chi connectivity index (χ0) is 42.8. The normalized spacial score (nSPS) is 13.7. The highest BCUT2D eigenvalue weighted by molar-refractivity contribution is 7.27. The van der Waals surface area contributed by atoms with E-state index in [9.17, 15) is 0 Å². The van der Waals surface area contributed by atoms with Gasteiger partial charge >= 0.3 is 0 Å². The van der Waals surface area contributed by atoms with Crippen molar-refractivity contribution in [1.82, 2.24) is 24.3 Å². The van der Waals surface area contributed by atoms with Crippen molar-refractivity contribution in [1.29, 1.82) is 0 Å². The molecule has 1 aliphatic rings. The summed E-state index contributed by atoms with van der Waals surface area (Å²) in [7, 11) is 0. The summed E-state index contributed by atoms with van der Waals surface area (Å²) < 4.78 is 4.99. The predicted octanol–water partition coefficient (Wildman–Crippen LogP) is 15.5. The topological polar surface area (TPSA) is 56.0 Å². The van der Waals surface area contributed by atoms with E-state index in [0.29, 0.717) is 17.5 Å². The van der Waals surface area contributed by atoms with Gasteiger partial charge in [-0.05, 0) is 78.8 Å². The lowest BCUT2D eigenvalue weighted by Crippen LogP contribution is -2.11. The summed E-state index contributed by atoms with van der Waals surface area (Å²) in [6, 6.07) is 67.5. The van der Waals surface area contributed by atoms with E-state index < -0.39 is 0 Å². The third kappa shape index (κ3) is 5.64. The molecule has 4 aromatic heterocycles. The number of rotatable bonds is 4. The number of pyridine rings is 1. The summed E-state index contributed by atoms with van der Waals surface area (Å²) in [5.74, 6) is 2.16. The number of hydrogen-bond acceptors (Lipinski definition) is 5. The van der Waals surface area contributed by atoms with Gasteiger partial charge in [-0.15, -0.1) is 11.3 Å². The Morgan fingerprint density at radius 3 is 1.63 bits per heavy atom. The van der Waals surface area contributed by atoms with Crippen LogP contribution in [0.25, 0.3) is 126 Å². The Labute approximate surface area is 378 Å². The zero-order valence-electron chi connectivity index (χ0n) is 35.3. The van der Waals surface area contributed by atoms with Crippen molar-refractivity contribution in [3.8, 4) is 56.7 Å². The molecule has 304 valence electrons. The van der Waals surface area contributed by atoms with Crippen molar-refractivity contribution >= 4 is 80.2 Å². The molecular formula is C59H37N5S. The summed E-state index contributed by atoms with van der Waals surface area (Å²) in [6.45, 7) is 2.37. The fourth-order valence-electron chi connectivity index (χ4n) is 10.4. The van der Waals surface area contributed by atoms with Crippen LogP contribution >= 0.6 is 11.3 Å². The molecular weight excluding hydrogens is 811 g/mol. The maximum atomic E-state index is 5.67. The van der Waals surface area contributed by atoms with E-state index in [1.165, 1.54) is 69.3 Å². The lowest BCUT2D eigenvalue weighted by Gasteiger charge is -2.24. The highest BCUT2D eigenvalue weighted by Gasteiger charge is 2.31. The van der Waals surface area contributed by atoms with Crippen molar-refractivity contribution in [2.75, 3.05) is 0 Å². The van der Waals surface area contributed by atoms with Gasteiger partial charge in [-0.2, -0.15) is 0 Å². The van der Waals surface area contributed by atoms with Gasteiger partial charge in [0, 0.05) is 43.6 Å².